The molecule has 0 spiro atoms. The Kier molecular flexibility index (Phi) is 2.69. The predicted octanol–water partition coefficient (Wildman–Crippen LogP) is 2.49. The Morgan fingerprint density at radius 1 is 1.56 bits per heavy atom. The third kappa shape index (κ3) is 1.99. The molecule has 1 atom stereocenters. The van der Waals surface area contributed by atoms with Gasteiger partial charge in [-0.1, -0.05) is 19.3 Å². The van der Waals surface area contributed by atoms with E-state index in [1.54, 1.807) is 11.3 Å². The maximum absolute atomic E-state index is 9.95. The molecule has 0 radical (unpaired) electrons. The molecule has 1 aliphatic carbocycles. The minimum atomic E-state index is -0.213. The Bertz CT molecular complexity index is 444. The number of aromatic nitrogens is 2. The van der Waals surface area contributed by atoms with E-state index >= 15 is 0 Å². The van der Waals surface area contributed by atoms with Gasteiger partial charge in [0, 0.05) is 24.2 Å². The molecule has 1 aliphatic rings. The van der Waals surface area contributed by atoms with Gasteiger partial charge in [0.1, 0.15) is 0 Å². The van der Waals surface area contributed by atoms with Gasteiger partial charge in [-0.3, -0.25) is 4.40 Å². The SMILES string of the molecule is OC(Cc1cn2ccsc2n1)CC1CCC1. The highest BCUT2D eigenvalue weighted by Gasteiger charge is 2.21. The lowest BCUT2D eigenvalue weighted by Gasteiger charge is -2.27. The quantitative estimate of drug-likeness (QED) is 0.885. The van der Waals surface area contributed by atoms with Crippen LogP contribution in [-0.2, 0) is 6.42 Å². The van der Waals surface area contributed by atoms with Crippen LogP contribution in [0.1, 0.15) is 31.4 Å². The Morgan fingerprint density at radius 2 is 2.44 bits per heavy atom. The van der Waals surface area contributed by atoms with E-state index in [2.05, 4.69) is 4.98 Å². The van der Waals surface area contributed by atoms with E-state index in [9.17, 15) is 5.11 Å². The lowest BCUT2D eigenvalue weighted by atomic mass is 9.81. The van der Waals surface area contributed by atoms with E-state index in [1.807, 2.05) is 22.2 Å². The number of hydrogen-bond donors (Lipinski definition) is 1. The molecule has 2 heterocycles. The first-order valence-corrected chi connectivity index (χ1v) is 6.78. The minimum absolute atomic E-state index is 0.213. The molecule has 0 aliphatic heterocycles. The van der Waals surface area contributed by atoms with Crippen LogP contribution in [0.25, 0.3) is 4.96 Å². The van der Waals surface area contributed by atoms with Crippen molar-refractivity contribution in [2.24, 2.45) is 5.92 Å². The van der Waals surface area contributed by atoms with Gasteiger partial charge in [-0.05, 0) is 12.3 Å². The van der Waals surface area contributed by atoms with Crippen LogP contribution in [-0.4, -0.2) is 20.6 Å². The van der Waals surface area contributed by atoms with Crippen LogP contribution in [0, 0.1) is 5.92 Å². The highest BCUT2D eigenvalue weighted by Crippen LogP contribution is 2.31. The number of thiazole rings is 1. The third-order valence-electron chi connectivity index (χ3n) is 3.42. The highest BCUT2D eigenvalue weighted by molar-refractivity contribution is 7.15. The van der Waals surface area contributed by atoms with Crippen molar-refractivity contribution in [3.8, 4) is 0 Å². The summed E-state index contributed by atoms with van der Waals surface area (Å²) in [6.07, 6.45) is 9.41. The fourth-order valence-corrected chi connectivity index (χ4v) is 3.03. The molecule has 3 nitrogen and oxygen atoms in total. The van der Waals surface area contributed by atoms with Crippen molar-refractivity contribution in [3.63, 3.8) is 0 Å². The van der Waals surface area contributed by atoms with E-state index in [0.717, 1.165) is 23.0 Å². The van der Waals surface area contributed by atoms with Gasteiger partial charge in [0.15, 0.2) is 4.96 Å². The second-order valence-electron chi connectivity index (χ2n) is 4.72. The lowest BCUT2D eigenvalue weighted by Crippen LogP contribution is -2.21. The first kappa shape index (κ1) is 10.3. The van der Waals surface area contributed by atoms with Crippen molar-refractivity contribution in [1.82, 2.24) is 9.38 Å². The standard InChI is InChI=1S/C12H16N2OS/c15-11(6-9-2-1-3-9)7-10-8-14-4-5-16-12(14)13-10/h4-5,8-9,11,15H,1-3,6-7H2. The van der Waals surface area contributed by atoms with Crippen molar-refractivity contribution in [2.45, 2.75) is 38.2 Å². The zero-order valence-electron chi connectivity index (χ0n) is 9.17. The van der Waals surface area contributed by atoms with Crippen LogP contribution in [0.3, 0.4) is 0 Å². The van der Waals surface area contributed by atoms with Gasteiger partial charge in [0.05, 0.1) is 11.8 Å². The maximum Gasteiger partial charge on any atom is 0.193 e. The van der Waals surface area contributed by atoms with Crippen LogP contribution in [0.4, 0.5) is 0 Å². The molecular weight excluding hydrogens is 220 g/mol. The zero-order valence-corrected chi connectivity index (χ0v) is 9.99. The molecule has 1 N–H and O–H groups in total. The summed E-state index contributed by atoms with van der Waals surface area (Å²) >= 11 is 1.64. The first-order chi connectivity index (χ1) is 7.81. The number of fused-ring (bicyclic) bond motifs is 1. The van der Waals surface area contributed by atoms with Crippen molar-refractivity contribution in [1.29, 1.82) is 0 Å². The summed E-state index contributed by atoms with van der Waals surface area (Å²) < 4.78 is 2.02. The zero-order chi connectivity index (χ0) is 11.0. The third-order valence-corrected chi connectivity index (χ3v) is 4.19. The molecule has 0 saturated heterocycles. The molecule has 3 rings (SSSR count). The van der Waals surface area contributed by atoms with Crippen LogP contribution < -0.4 is 0 Å². The molecule has 0 aromatic carbocycles. The highest BCUT2D eigenvalue weighted by atomic mass is 32.1. The molecule has 0 amide bonds. The van der Waals surface area contributed by atoms with E-state index in [-0.39, 0.29) is 6.10 Å². The normalized spacial score (nSPS) is 18.8. The summed E-state index contributed by atoms with van der Waals surface area (Å²) in [5, 5.41) is 12.0. The smallest absolute Gasteiger partial charge is 0.193 e. The molecule has 0 bridgehead atoms. The molecule has 1 saturated carbocycles. The Labute approximate surface area is 98.8 Å². The topological polar surface area (TPSA) is 37.5 Å². The first-order valence-electron chi connectivity index (χ1n) is 5.90. The Balaban J connectivity index is 1.62. The summed E-state index contributed by atoms with van der Waals surface area (Å²) in [4.78, 5) is 5.50. The predicted molar refractivity (Wildman–Crippen MR) is 64.7 cm³/mol. The average molecular weight is 236 g/mol. The Hall–Kier alpha value is -0.870. The molecular formula is C12H16N2OS. The maximum atomic E-state index is 9.95. The number of rotatable bonds is 4. The minimum Gasteiger partial charge on any atom is -0.393 e. The summed E-state index contributed by atoms with van der Waals surface area (Å²) in [5.41, 5.74) is 1.01. The second kappa shape index (κ2) is 4.18. The van der Waals surface area contributed by atoms with Gasteiger partial charge in [-0.2, -0.15) is 0 Å². The van der Waals surface area contributed by atoms with E-state index in [4.69, 9.17) is 0 Å². The second-order valence-corrected chi connectivity index (χ2v) is 5.59. The summed E-state index contributed by atoms with van der Waals surface area (Å²) in [6.45, 7) is 0. The lowest BCUT2D eigenvalue weighted by molar-refractivity contribution is 0.117. The van der Waals surface area contributed by atoms with Crippen molar-refractivity contribution in [2.75, 3.05) is 0 Å². The molecule has 2 aromatic heterocycles. The molecule has 1 unspecified atom stereocenters. The van der Waals surface area contributed by atoms with Crippen LogP contribution in [0.15, 0.2) is 17.8 Å². The van der Waals surface area contributed by atoms with Crippen LogP contribution in [0.2, 0.25) is 0 Å². The van der Waals surface area contributed by atoms with Gasteiger partial charge in [0.2, 0.25) is 0 Å². The van der Waals surface area contributed by atoms with Crippen LogP contribution in [0.5, 0.6) is 0 Å². The summed E-state index contributed by atoms with van der Waals surface area (Å²) in [6, 6.07) is 0. The Morgan fingerprint density at radius 3 is 3.12 bits per heavy atom. The molecule has 1 fully saturated rings. The molecule has 16 heavy (non-hydrogen) atoms. The van der Waals surface area contributed by atoms with Crippen molar-refractivity contribution >= 4 is 16.3 Å². The summed E-state index contributed by atoms with van der Waals surface area (Å²) in [5.74, 6) is 0.763. The molecule has 86 valence electrons. The fraction of sp³-hybridized carbons (Fsp3) is 0.583. The molecule has 2 aromatic rings. The number of imidazole rings is 1. The number of aliphatic hydroxyl groups is 1. The van der Waals surface area contributed by atoms with Gasteiger partial charge in [-0.15, -0.1) is 11.3 Å². The van der Waals surface area contributed by atoms with Crippen LogP contribution >= 0.6 is 11.3 Å². The summed E-state index contributed by atoms with van der Waals surface area (Å²) in [7, 11) is 0. The van der Waals surface area contributed by atoms with Gasteiger partial charge < -0.3 is 5.11 Å². The van der Waals surface area contributed by atoms with Crippen molar-refractivity contribution in [3.05, 3.63) is 23.5 Å². The largest absolute Gasteiger partial charge is 0.393 e. The number of nitrogens with zero attached hydrogens (tertiary/aromatic N) is 2. The fourth-order valence-electron chi connectivity index (χ4n) is 2.31. The van der Waals surface area contributed by atoms with E-state index < -0.39 is 0 Å². The average Bonchev–Trinajstić information content (AvgIpc) is 2.71. The number of hydrogen-bond acceptors (Lipinski definition) is 3. The van der Waals surface area contributed by atoms with Crippen molar-refractivity contribution < 1.29 is 5.11 Å². The van der Waals surface area contributed by atoms with Gasteiger partial charge >= 0.3 is 0 Å². The number of aliphatic hydroxyl groups excluding tert-OH is 1. The van der Waals surface area contributed by atoms with E-state index in [0.29, 0.717) is 6.42 Å². The molecule has 4 heteroatoms. The van der Waals surface area contributed by atoms with Gasteiger partial charge in [0.25, 0.3) is 0 Å². The monoisotopic (exact) mass is 236 g/mol. The van der Waals surface area contributed by atoms with E-state index in [1.165, 1.54) is 19.3 Å². The van der Waals surface area contributed by atoms with Gasteiger partial charge in [-0.25, -0.2) is 4.98 Å².